The molecule has 8 rings (SSSR count). The lowest BCUT2D eigenvalue weighted by atomic mass is 9.93. The number of hydrogen-bond acceptors (Lipinski definition) is 2. The molecule has 5 nitrogen and oxygen atoms in total. The molecule has 3 N–H and O–H groups in total. The number of rotatable bonds is 3. The number of nitrogens with zero attached hydrogens (tertiary/aromatic N) is 2. The first-order valence-corrected chi connectivity index (χ1v) is 11.2. The minimum Gasteiger partial charge on any atom is -0.353 e. The van der Waals surface area contributed by atoms with Crippen LogP contribution >= 0.6 is 0 Å². The van der Waals surface area contributed by atoms with Crippen LogP contribution in [0, 0.1) is 23.6 Å². The average Bonchev–Trinajstić information content (AvgIpc) is 3.40. The van der Waals surface area contributed by atoms with Crippen LogP contribution in [-0.2, 0) is 0 Å². The lowest BCUT2D eigenvalue weighted by Crippen LogP contribution is -2.27. The molecule has 2 fully saturated rings. The van der Waals surface area contributed by atoms with Gasteiger partial charge in [-0.05, 0) is 70.4 Å². The zero-order valence-electron chi connectivity index (χ0n) is 17.4. The fourth-order valence-electron chi connectivity index (χ4n) is 5.74. The Morgan fingerprint density at radius 3 is 2.67 bits per heavy atom. The van der Waals surface area contributed by atoms with Gasteiger partial charge in [-0.15, -0.1) is 0 Å². The molecular weight excluding hydrogens is 413 g/mol. The number of halogens is 1. The summed E-state index contributed by atoms with van der Waals surface area (Å²) in [6.45, 7) is 0. The number of fused-ring (bicyclic) bond motifs is 4. The van der Waals surface area contributed by atoms with E-state index in [-0.39, 0.29) is 5.82 Å². The highest BCUT2D eigenvalue weighted by Gasteiger charge is 2.71. The van der Waals surface area contributed by atoms with Gasteiger partial charge in [0.15, 0.2) is 0 Å². The van der Waals surface area contributed by atoms with E-state index in [1.807, 2.05) is 30.6 Å². The van der Waals surface area contributed by atoms with Crippen molar-refractivity contribution in [2.45, 2.75) is 0 Å². The van der Waals surface area contributed by atoms with E-state index in [2.05, 4.69) is 44.6 Å². The van der Waals surface area contributed by atoms with Crippen molar-refractivity contribution in [3.63, 3.8) is 0 Å². The summed E-state index contributed by atoms with van der Waals surface area (Å²) in [6, 6.07) is 15.0. The topological polar surface area (TPSA) is 73.2 Å². The zero-order valence-corrected chi connectivity index (χ0v) is 17.4. The van der Waals surface area contributed by atoms with E-state index < -0.39 is 0 Å². The number of aromatic nitrogens is 5. The van der Waals surface area contributed by atoms with E-state index in [1.54, 1.807) is 12.1 Å². The minimum absolute atomic E-state index is 0.230. The Kier molecular flexibility index (Phi) is 3.15. The van der Waals surface area contributed by atoms with Crippen molar-refractivity contribution in [3.05, 3.63) is 88.9 Å². The molecule has 0 spiro atoms. The first-order valence-electron chi connectivity index (χ1n) is 11.2. The molecule has 2 aromatic carbocycles. The minimum atomic E-state index is -0.230. The van der Waals surface area contributed by atoms with Gasteiger partial charge in [-0.1, -0.05) is 30.3 Å². The molecule has 3 atom stereocenters. The van der Waals surface area contributed by atoms with E-state index in [0.29, 0.717) is 17.8 Å². The molecule has 3 aromatic heterocycles. The number of aromatic amines is 3. The molecule has 0 amide bonds. The number of H-pyrrole nitrogens is 3. The van der Waals surface area contributed by atoms with Gasteiger partial charge in [0.25, 0.3) is 0 Å². The predicted octanol–water partition coefficient (Wildman–Crippen LogP) is 3.99. The maximum absolute atomic E-state index is 13.9. The van der Waals surface area contributed by atoms with Crippen LogP contribution in [0.5, 0.6) is 0 Å². The molecule has 5 aromatic rings. The van der Waals surface area contributed by atoms with Crippen molar-refractivity contribution in [2.75, 3.05) is 0 Å². The molecule has 0 bridgehead atoms. The van der Waals surface area contributed by atoms with Crippen LogP contribution in [0.25, 0.3) is 50.6 Å². The van der Waals surface area contributed by atoms with Crippen LogP contribution in [0.15, 0.2) is 67.0 Å². The Morgan fingerprint density at radius 1 is 0.909 bits per heavy atom. The molecule has 3 aliphatic rings. The third-order valence-electron chi connectivity index (χ3n) is 7.39. The van der Waals surface area contributed by atoms with Crippen molar-refractivity contribution in [3.8, 4) is 22.5 Å². The highest BCUT2D eigenvalue weighted by molar-refractivity contribution is 5.98. The van der Waals surface area contributed by atoms with Crippen molar-refractivity contribution in [1.29, 1.82) is 0 Å². The van der Waals surface area contributed by atoms with Gasteiger partial charge in [-0.25, -0.2) is 4.39 Å². The first-order chi connectivity index (χ1) is 16.3. The zero-order chi connectivity index (χ0) is 21.7. The van der Waals surface area contributed by atoms with E-state index in [1.165, 1.54) is 28.0 Å². The van der Waals surface area contributed by atoms with Gasteiger partial charge < -0.3 is 4.98 Å². The van der Waals surface area contributed by atoms with Crippen LogP contribution < -0.4 is 10.6 Å². The third-order valence-corrected chi connectivity index (χ3v) is 7.39. The molecule has 3 heterocycles. The van der Waals surface area contributed by atoms with E-state index >= 15 is 0 Å². The van der Waals surface area contributed by atoms with Crippen molar-refractivity contribution in [2.24, 2.45) is 17.8 Å². The van der Waals surface area contributed by atoms with Crippen molar-refractivity contribution < 1.29 is 4.39 Å². The van der Waals surface area contributed by atoms with Crippen molar-refractivity contribution >= 4 is 28.1 Å². The number of hydrogen-bond donors (Lipinski definition) is 3. The molecule has 3 aliphatic carbocycles. The number of benzene rings is 2. The highest BCUT2D eigenvalue weighted by Crippen LogP contribution is 2.77. The van der Waals surface area contributed by atoms with Crippen LogP contribution in [0.4, 0.5) is 4.39 Å². The SMILES string of the molecule is Fc1cccc(-c2cccc3[nH]c(-c4n[nH]/c5c4=C4C6C(/C(c7cn[nH]c7)=C\C=5)[C@@H]46)cc23)c1. The summed E-state index contributed by atoms with van der Waals surface area (Å²) < 4.78 is 13.9. The third kappa shape index (κ3) is 2.35. The first kappa shape index (κ1) is 17.4. The van der Waals surface area contributed by atoms with Crippen LogP contribution in [0.2, 0.25) is 0 Å². The smallest absolute Gasteiger partial charge is 0.123 e. The van der Waals surface area contributed by atoms with E-state index in [0.717, 1.165) is 38.8 Å². The summed E-state index contributed by atoms with van der Waals surface area (Å²) >= 11 is 0. The summed E-state index contributed by atoms with van der Waals surface area (Å²) in [5, 5.41) is 18.4. The summed E-state index contributed by atoms with van der Waals surface area (Å²) in [7, 11) is 0. The summed E-state index contributed by atoms with van der Waals surface area (Å²) in [4.78, 5) is 3.56. The quantitative estimate of drug-likeness (QED) is 0.404. The lowest BCUT2D eigenvalue weighted by molar-refractivity contribution is 0.628. The van der Waals surface area contributed by atoms with Crippen LogP contribution in [0.1, 0.15) is 5.56 Å². The molecule has 33 heavy (non-hydrogen) atoms. The fraction of sp³-hybridized carbons (Fsp3) is 0.111. The Morgan fingerprint density at radius 2 is 1.82 bits per heavy atom. The van der Waals surface area contributed by atoms with Gasteiger partial charge >= 0.3 is 0 Å². The average molecular weight is 431 g/mol. The Labute approximate surface area is 187 Å². The summed E-state index contributed by atoms with van der Waals surface area (Å²) in [5.41, 5.74) is 8.88. The molecule has 2 unspecified atom stereocenters. The molecule has 6 heteroatoms. The standard InChI is InChI=1S/C27H18FN5/c28-15-4-1-3-13(9-15)16-5-2-6-19-18(16)10-21(31-19)27-23-20(32-33-27)8-7-17(14-11-29-30-12-14)22-24-25(22)26(23)24/h1-12,22,24-25,31-32H,(H,29,30)/b17-7-,20-8+,26-23?/t22?,24-,25?/m1/s1. The Hall–Kier alpha value is -4.19. The molecule has 2 saturated carbocycles. The molecule has 0 radical (unpaired) electrons. The largest absolute Gasteiger partial charge is 0.353 e. The second-order valence-corrected chi connectivity index (χ2v) is 9.13. The van der Waals surface area contributed by atoms with E-state index in [4.69, 9.17) is 5.10 Å². The summed E-state index contributed by atoms with van der Waals surface area (Å²) in [6.07, 6.45) is 8.23. The second-order valence-electron chi connectivity index (χ2n) is 9.13. The number of nitrogens with one attached hydrogen (secondary N) is 3. The van der Waals surface area contributed by atoms with Crippen LogP contribution in [-0.4, -0.2) is 25.4 Å². The second kappa shape index (κ2) is 5.98. The van der Waals surface area contributed by atoms with E-state index in [9.17, 15) is 4.39 Å². The molecule has 158 valence electrons. The Bertz CT molecular complexity index is 1740. The number of allylic oxidation sites excluding steroid dienone is 2. The van der Waals surface area contributed by atoms with Gasteiger partial charge in [-0.3, -0.25) is 10.2 Å². The maximum atomic E-state index is 13.9. The lowest BCUT2D eigenvalue weighted by Gasteiger charge is -2.10. The monoisotopic (exact) mass is 431 g/mol. The van der Waals surface area contributed by atoms with Crippen LogP contribution in [0.3, 0.4) is 0 Å². The van der Waals surface area contributed by atoms with Gasteiger partial charge in [0, 0.05) is 27.9 Å². The summed E-state index contributed by atoms with van der Waals surface area (Å²) in [5.74, 6) is 1.59. The van der Waals surface area contributed by atoms with Crippen molar-refractivity contribution in [1.82, 2.24) is 25.4 Å². The van der Waals surface area contributed by atoms with Gasteiger partial charge in [-0.2, -0.15) is 10.2 Å². The predicted molar refractivity (Wildman–Crippen MR) is 125 cm³/mol. The van der Waals surface area contributed by atoms with Gasteiger partial charge in [0.2, 0.25) is 0 Å². The van der Waals surface area contributed by atoms with Gasteiger partial charge in [0.1, 0.15) is 11.5 Å². The highest BCUT2D eigenvalue weighted by atomic mass is 19.1. The molecule has 0 aliphatic heterocycles. The maximum Gasteiger partial charge on any atom is 0.123 e. The normalized spacial score (nSPS) is 24.8. The fourth-order valence-corrected chi connectivity index (χ4v) is 5.74. The Balaban J connectivity index is 1.30. The van der Waals surface area contributed by atoms with Gasteiger partial charge in [0.05, 0.1) is 17.2 Å². The molecule has 0 saturated heterocycles. The molecular formula is C27H18FN5.